The molecule has 0 radical (unpaired) electrons. The minimum Gasteiger partial charge on any atom is -0.393 e. The molecule has 0 fully saturated rings. The van der Waals surface area contributed by atoms with Gasteiger partial charge in [-0.15, -0.1) is 6.58 Å². The Morgan fingerprint density at radius 3 is 2.40 bits per heavy atom. The van der Waals surface area contributed by atoms with Crippen LogP contribution in [-0.4, -0.2) is 11.2 Å². The lowest BCUT2D eigenvalue weighted by atomic mass is 9.82. The molecule has 1 N–H and O–H groups in total. The van der Waals surface area contributed by atoms with Gasteiger partial charge in [-0.05, 0) is 18.3 Å². The van der Waals surface area contributed by atoms with Crippen molar-refractivity contribution in [3.05, 3.63) is 12.7 Å². The molecule has 0 rings (SSSR count). The van der Waals surface area contributed by atoms with Gasteiger partial charge in [0.05, 0.1) is 6.10 Å². The van der Waals surface area contributed by atoms with Gasteiger partial charge in [-0.1, -0.05) is 26.8 Å². The highest BCUT2D eigenvalue weighted by molar-refractivity contribution is 4.84. The molecule has 0 saturated heterocycles. The Morgan fingerprint density at radius 1 is 1.60 bits per heavy atom. The lowest BCUT2D eigenvalue weighted by Gasteiger charge is -2.28. The Labute approximate surface area is 63.8 Å². The Hall–Kier alpha value is -0.300. The van der Waals surface area contributed by atoms with E-state index in [1.807, 2.05) is 13.0 Å². The van der Waals surface area contributed by atoms with Crippen LogP contribution in [0.3, 0.4) is 0 Å². The maximum atomic E-state index is 9.47. The van der Waals surface area contributed by atoms with Crippen molar-refractivity contribution in [3.8, 4) is 0 Å². The number of allylic oxidation sites excluding steroid dienone is 1. The van der Waals surface area contributed by atoms with Gasteiger partial charge in [-0.3, -0.25) is 0 Å². The van der Waals surface area contributed by atoms with E-state index in [0.29, 0.717) is 0 Å². The van der Waals surface area contributed by atoms with Gasteiger partial charge in [-0.2, -0.15) is 0 Å². The summed E-state index contributed by atoms with van der Waals surface area (Å²) in [7, 11) is 0. The molecule has 0 aliphatic heterocycles. The van der Waals surface area contributed by atoms with E-state index in [1.54, 1.807) is 0 Å². The molecule has 0 saturated carbocycles. The Morgan fingerprint density at radius 2 is 2.10 bits per heavy atom. The van der Waals surface area contributed by atoms with Crippen molar-refractivity contribution in [1.29, 1.82) is 0 Å². The van der Waals surface area contributed by atoms with Crippen molar-refractivity contribution < 1.29 is 5.11 Å². The van der Waals surface area contributed by atoms with E-state index >= 15 is 0 Å². The second-order valence-electron chi connectivity index (χ2n) is 3.41. The second-order valence-corrected chi connectivity index (χ2v) is 3.41. The van der Waals surface area contributed by atoms with Crippen LogP contribution in [0.15, 0.2) is 12.7 Å². The molecule has 0 unspecified atom stereocenters. The average Bonchev–Trinajstić information content (AvgIpc) is 1.86. The number of aliphatic hydroxyl groups excluding tert-OH is 1. The number of hydrogen-bond acceptors (Lipinski definition) is 1. The molecule has 1 heteroatoms. The van der Waals surface area contributed by atoms with Gasteiger partial charge in [0, 0.05) is 0 Å². The third kappa shape index (κ3) is 2.53. The molecule has 0 aromatic rings. The van der Waals surface area contributed by atoms with E-state index < -0.39 is 0 Å². The SMILES string of the molecule is C=CCC(C)(C)[C@@H](O)CC. The molecule has 0 aromatic carbocycles. The average molecular weight is 142 g/mol. The minimum atomic E-state index is -0.203. The fourth-order valence-corrected chi connectivity index (χ4v) is 1.06. The van der Waals surface area contributed by atoms with E-state index in [1.165, 1.54) is 0 Å². The largest absolute Gasteiger partial charge is 0.393 e. The quantitative estimate of drug-likeness (QED) is 0.597. The molecule has 0 spiro atoms. The summed E-state index contributed by atoms with van der Waals surface area (Å²) in [5, 5.41) is 9.47. The summed E-state index contributed by atoms with van der Waals surface area (Å²) in [5.41, 5.74) is -0.00347. The molecule has 0 heterocycles. The minimum absolute atomic E-state index is 0.00347. The first kappa shape index (κ1) is 9.70. The predicted molar refractivity (Wildman–Crippen MR) is 44.9 cm³/mol. The van der Waals surface area contributed by atoms with E-state index in [-0.39, 0.29) is 11.5 Å². The Bertz CT molecular complexity index is 105. The summed E-state index contributed by atoms with van der Waals surface area (Å²) in [5.74, 6) is 0. The smallest absolute Gasteiger partial charge is 0.0591 e. The van der Waals surface area contributed by atoms with Gasteiger partial charge in [-0.25, -0.2) is 0 Å². The molecule has 0 amide bonds. The van der Waals surface area contributed by atoms with Crippen LogP contribution in [0.1, 0.15) is 33.6 Å². The summed E-state index contributed by atoms with van der Waals surface area (Å²) < 4.78 is 0. The monoisotopic (exact) mass is 142 g/mol. The summed E-state index contributed by atoms with van der Waals surface area (Å²) in [4.78, 5) is 0. The highest BCUT2D eigenvalue weighted by atomic mass is 16.3. The van der Waals surface area contributed by atoms with Crippen LogP contribution in [-0.2, 0) is 0 Å². The van der Waals surface area contributed by atoms with E-state index in [0.717, 1.165) is 12.8 Å². The van der Waals surface area contributed by atoms with Gasteiger partial charge < -0.3 is 5.11 Å². The van der Waals surface area contributed by atoms with E-state index in [2.05, 4.69) is 20.4 Å². The Kier molecular flexibility index (Phi) is 3.66. The molecule has 0 aliphatic rings. The van der Waals surface area contributed by atoms with Crippen molar-refractivity contribution in [1.82, 2.24) is 0 Å². The molecule has 0 aromatic heterocycles. The van der Waals surface area contributed by atoms with Gasteiger partial charge in [0.1, 0.15) is 0 Å². The third-order valence-corrected chi connectivity index (χ3v) is 1.96. The van der Waals surface area contributed by atoms with Gasteiger partial charge in [0.2, 0.25) is 0 Å². The van der Waals surface area contributed by atoms with Crippen LogP contribution in [0.4, 0.5) is 0 Å². The van der Waals surface area contributed by atoms with Crippen LogP contribution in [0.2, 0.25) is 0 Å². The standard InChI is InChI=1S/C9H18O/c1-5-7-9(3,4)8(10)6-2/h5,8,10H,1,6-7H2,2-4H3/t8-/m0/s1. The number of hydrogen-bond donors (Lipinski definition) is 1. The number of rotatable bonds is 4. The fraction of sp³-hybridized carbons (Fsp3) is 0.778. The first-order chi connectivity index (χ1) is 4.54. The highest BCUT2D eigenvalue weighted by Gasteiger charge is 2.24. The molecular formula is C9H18O. The van der Waals surface area contributed by atoms with Crippen molar-refractivity contribution in [3.63, 3.8) is 0 Å². The molecular weight excluding hydrogens is 124 g/mol. The van der Waals surface area contributed by atoms with E-state index in [9.17, 15) is 5.11 Å². The summed E-state index contributed by atoms with van der Waals surface area (Å²) in [6.45, 7) is 9.76. The van der Waals surface area contributed by atoms with Crippen LogP contribution in [0, 0.1) is 5.41 Å². The molecule has 0 aliphatic carbocycles. The highest BCUT2D eigenvalue weighted by Crippen LogP contribution is 2.26. The van der Waals surface area contributed by atoms with Crippen molar-refractivity contribution in [2.24, 2.45) is 5.41 Å². The number of aliphatic hydroxyl groups is 1. The Balaban J connectivity index is 3.94. The topological polar surface area (TPSA) is 20.2 Å². The fourth-order valence-electron chi connectivity index (χ4n) is 1.06. The van der Waals surface area contributed by atoms with Gasteiger partial charge >= 0.3 is 0 Å². The lowest BCUT2D eigenvalue weighted by molar-refractivity contribution is 0.0492. The van der Waals surface area contributed by atoms with Crippen LogP contribution in [0.25, 0.3) is 0 Å². The van der Waals surface area contributed by atoms with Crippen molar-refractivity contribution >= 4 is 0 Å². The van der Waals surface area contributed by atoms with E-state index in [4.69, 9.17) is 0 Å². The second kappa shape index (κ2) is 3.77. The van der Waals surface area contributed by atoms with Crippen LogP contribution < -0.4 is 0 Å². The first-order valence-corrected chi connectivity index (χ1v) is 3.83. The molecule has 1 nitrogen and oxygen atoms in total. The first-order valence-electron chi connectivity index (χ1n) is 3.83. The van der Waals surface area contributed by atoms with Crippen LogP contribution >= 0.6 is 0 Å². The van der Waals surface area contributed by atoms with Crippen molar-refractivity contribution in [2.75, 3.05) is 0 Å². The van der Waals surface area contributed by atoms with Gasteiger partial charge in [0.15, 0.2) is 0 Å². The zero-order chi connectivity index (χ0) is 8.20. The predicted octanol–water partition coefficient (Wildman–Crippen LogP) is 2.36. The zero-order valence-electron chi connectivity index (χ0n) is 7.22. The maximum Gasteiger partial charge on any atom is 0.0591 e. The lowest BCUT2D eigenvalue weighted by Crippen LogP contribution is -2.27. The zero-order valence-corrected chi connectivity index (χ0v) is 7.22. The summed E-state index contributed by atoms with van der Waals surface area (Å²) >= 11 is 0. The third-order valence-electron chi connectivity index (χ3n) is 1.96. The normalized spacial score (nSPS) is 14.8. The molecule has 1 atom stereocenters. The maximum absolute atomic E-state index is 9.47. The summed E-state index contributed by atoms with van der Waals surface area (Å²) in [6, 6.07) is 0. The van der Waals surface area contributed by atoms with Gasteiger partial charge in [0.25, 0.3) is 0 Å². The molecule has 10 heavy (non-hydrogen) atoms. The molecule has 0 bridgehead atoms. The summed E-state index contributed by atoms with van der Waals surface area (Å²) in [6.07, 6.45) is 3.35. The molecule has 60 valence electrons. The van der Waals surface area contributed by atoms with Crippen LogP contribution in [0.5, 0.6) is 0 Å². The van der Waals surface area contributed by atoms with Crippen molar-refractivity contribution in [2.45, 2.75) is 39.7 Å².